The highest BCUT2D eigenvalue weighted by Gasteiger charge is 2.18. The summed E-state index contributed by atoms with van der Waals surface area (Å²) in [5, 5.41) is 7.38. The molecule has 8 nitrogen and oxygen atoms in total. The lowest BCUT2D eigenvalue weighted by atomic mass is 9.94. The second-order valence-electron chi connectivity index (χ2n) is 7.53. The Morgan fingerprint density at radius 3 is 2.80 bits per heavy atom. The van der Waals surface area contributed by atoms with Gasteiger partial charge in [0.25, 0.3) is 0 Å². The van der Waals surface area contributed by atoms with Crippen molar-refractivity contribution in [3.05, 3.63) is 60.1 Å². The van der Waals surface area contributed by atoms with E-state index in [0.717, 1.165) is 40.9 Å². The first kappa shape index (κ1) is 19.8. The van der Waals surface area contributed by atoms with Crippen molar-refractivity contribution >= 4 is 22.9 Å². The number of likely N-dealkylation sites (N-methyl/N-ethyl adjacent to an activating group) is 1. The van der Waals surface area contributed by atoms with E-state index in [-0.39, 0.29) is 5.91 Å². The van der Waals surface area contributed by atoms with Gasteiger partial charge < -0.3 is 16.0 Å². The molecular weight excluding hydrogens is 378 g/mol. The number of hydrogen-bond donors (Lipinski definition) is 2. The van der Waals surface area contributed by atoms with E-state index in [1.165, 1.54) is 0 Å². The topological polar surface area (TPSA) is 101 Å². The fraction of sp³-hybridized carbons (Fsp3) is 0.273. The summed E-state index contributed by atoms with van der Waals surface area (Å²) < 4.78 is 1.70. The maximum absolute atomic E-state index is 12.3. The number of carbonyl (C=O) groups is 1. The molecule has 3 aromatic rings. The van der Waals surface area contributed by atoms with Crippen LogP contribution in [0.3, 0.4) is 0 Å². The lowest BCUT2D eigenvalue weighted by Gasteiger charge is -2.16. The summed E-state index contributed by atoms with van der Waals surface area (Å²) in [5.74, 6) is 0.396. The number of pyridine rings is 1. The molecule has 3 heterocycles. The molecule has 0 fully saturated rings. The number of hydrogen-bond acceptors (Lipinski definition) is 6. The van der Waals surface area contributed by atoms with Crippen LogP contribution in [0.1, 0.15) is 18.4 Å². The molecule has 154 valence electrons. The predicted octanol–water partition coefficient (Wildman–Crippen LogP) is 2.15. The van der Waals surface area contributed by atoms with Crippen LogP contribution in [-0.2, 0) is 4.79 Å². The Labute approximate surface area is 175 Å². The number of aromatic nitrogens is 4. The number of nitrogens with two attached hydrogens (primary N) is 1. The number of nitrogens with zero attached hydrogens (tertiary/aromatic N) is 5. The molecular formula is C22H25N7O. The van der Waals surface area contributed by atoms with Crippen LogP contribution in [0.4, 0.5) is 5.82 Å². The fourth-order valence-corrected chi connectivity index (χ4v) is 3.45. The van der Waals surface area contributed by atoms with E-state index in [4.69, 9.17) is 5.73 Å². The molecule has 1 aliphatic carbocycles. The molecule has 0 spiro atoms. The first-order valence-electron chi connectivity index (χ1n) is 9.91. The molecule has 0 aromatic carbocycles. The maximum Gasteiger partial charge on any atom is 0.247 e. The van der Waals surface area contributed by atoms with E-state index in [1.807, 2.05) is 61.7 Å². The molecule has 0 saturated carbocycles. The van der Waals surface area contributed by atoms with Gasteiger partial charge in [0, 0.05) is 42.8 Å². The maximum atomic E-state index is 12.3. The Balaban J connectivity index is 1.55. The van der Waals surface area contributed by atoms with Crippen molar-refractivity contribution in [1.29, 1.82) is 0 Å². The monoisotopic (exact) mass is 403 g/mol. The average Bonchev–Trinajstić information content (AvgIpc) is 3.09. The third-order valence-corrected chi connectivity index (χ3v) is 5.08. The summed E-state index contributed by atoms with van der Waals surface area (Å²) in [7, 11) is 3.97. The Morgan fingerprint density at radius 1 is 1.23 bits per heavy atom. The van der Waals surface area contributed by atoms with Crippen molar-refractivity contribution in [2.45, 2.75) is 12.8 Å². The third-order valence-electron chi connectivity index (χ3n) is 5.08. The SMILES string of the molecule is CN(C)CCNC(=O)C1=CC=C(c2cnc3c(-c4ccccn4)c(N)nn3c2)CC1. The van der Waals surface area contributed by atoms with Gasteiger partial charge in [0.15, 0.2) is 11.5 Å². The Kier molecular flexibility index (Phi) is 5.58. The molecule has 0 saturated heterocycles. The van der Waals surface area contributed by atoms with E-state index in [0.29, 0.717) is 24.4 Å². The first-order valence-corrected chi connectivity index (χ1v) is 9.91. The highest BCUT2D eigenvalue weighted by Crippen LogP contribution is 2.30. The molecule has 3 aromatic heterocycles. The zero-order chi connectivity index (χ0) is 21.1. The van der Waals surface area contributed by atoms with E-state index in [1.54, 1.807) is 10.7 Å². The zero-order valence-corrected chi connectivity index (χ0v) is 17.2. The largest absolute Gasteiger partial charge is 0.382 e. The van der Waals surface area contributed by atoms with Crippen LogP contribution >= 0.6 is 0 Å². The summed E-state index contributed by atoms with van der Waals surface area (Å²) in [5.41, 5.74) is 11.2. The van der Waals surface area contributed by atoms with Gasteiger partial charge >= 0.3 is 0 Å². The molecule has 0 unspecified atom stereocenters. The minimum absolute atomic E-state index is 0.000537. The molecule has 1 aliphatic rings. The predicted molar refractivity (Wildman–Crippen MR) is 117 cm³/mol. The number of carbonyl (C=O) groups excluding carboxylic acids is 1. The molecule has 0 bridgehead atoms. The zero-order valence-electron chi connectivity index (χ0n) is 17.2. The van der Waals surface area contributed by atoms with Gasteiger partial charge in [0.1, 0.15) is 0 Å². The second kappa shape index (κ2) is 8.46. The summed E-state index contributed by atoms with van der Waals surface area (Å²) in [6.45, 7) is 1.46. The van der Waals surface area contributed by atoms with Gasteiger partial charge in [-0.2, -0.15) is 0 Å². The van der Waals surface area contributed by atoms with Gasteiger partial charge in [-0.1, -0.05) is 18.2 Å². The van der Waals surface area contributed by atoms with Gasteiger partial charge in [0.2, 0.25) is 5.91 Å². The number of amides is 1. The van der Waals surface area contributed by atoms with Crippen LogP contribution in [0.15, 0.2) is 54.5 Å². The quantitative estimate of drug-likeness (QED) is 0.654. The number of nitrogen functional groups attached to an aromatic ring is 1. The third kappa shape index (κ3) is 4.08. The summed E-state index contributed by atoms with van der Waals surface area (Å²) in [6.07, 6.45) is 10.8. The molecule has 30 heavy (non-hydrogen) atoms. The average molecular weight is 403 g/mol. The molecule has 1 amide bonds. The van der Waals surface area contributed by atoms with Crippen LogP contribution in [0.2, 0.25) is 0 Å². The highest BCUT2D eigenvalue weighted by atomic mass is 16.1. The minimum atomic E-state index is 0.000537. The van der Waals surface area contributed by atoms with Crippen molar-refractivity contribution in [3.8, 4) is 11.3 Å². The second-order valence-corrected chi connectivity index (χ2v) is 7.53. The van der Waals surface area contributed by atoms with Crippen molar-refractivity contribution in [3.63, 3.8) is 0 Å². The Bertz CT molecular complexity index is 1130. The first-order chi connectivity index (χ1) is 14.5. The summed E-state index contributed by atoms with van der Waals surface area (Å²) >= 11 is 0. The number of nitrogens with one attached hydrogen (secondary N) is 1. The van der Waals surface area contributed by atoms with Crippen LogP contribution in [-0.4, -0.2) is 57.6 Å². The Hall–Kier alpha value is -3.52. The number of fused-ring (bicyclic) bond motifs is 1. The molecule has 0 atom stereocenters. The van der Waals surface area contributed by atoms with Gasteiger partial charge in [0.05, 0.1) is 11.3 Å². The fourth-order valence-electron chi connectivity index (χ4n) is 3.45. The molecule has 0 aliphatic heterocycles. The number of anilines is 1. The standard InChI is InChI=1S/C22H25N7O/c1-28(2)12-11-25-22(30)16-8-6-15(7-9-16)17-13-26-21-19(18-5-3-4-10-24-18)20(23)27-29(21)14-17/h3-6,8,10,13-14H,7,9,11-12H2,1-2H3,(H2,23,27)(H,25,30). The van der Waals surface area contributed by atoms with Crippen molar-refractivity contribution in [2.24, 2.45) is 0 Å². The van der Waals surface area contributed by atoms with Crippen LogP contribution in [0.25, 0.3) is 22.5 Å². The highest BCUT2D eigenvalue weighted by molar-refractivity contribution is 5.95. The van der Waals surface area contributed by atoms with Crippen molar-refractivity contribution in [2.75, 3.05) is 32.9 Å². The van der Waals surface area contributed by atoms with E-state index in [2.05, 4.69) is 20.4 Å². The van der Waals surface area contributed by atoms with Crippen molar-refractivity contribution < 1.29 is 4.79 Å². The number of allylic oxidation sites excluding steroid dienone is 3. The summed E-state index contributed by atoms with van der Waals surface area (Å²) in [4.78, 5) is 23.3. The lowest BCUT2D eigenvalue weighted by Crippen LogP contribution is -2.32. The van der Waals surface area contributed by atoms with Gasteiger partial charge in [-0.3, -0.25) is 9.78 Å². The van der Waals surface area contributed by atoms with Gasteiger partial charge in [-0.05, 0) is 44.6 Å². The molecule has 3 N–H and O–H groups in total. The van der Waals surface area contributed by atoms with Crippen molar-refractivity contribution in [1.82, 2.24) is 29.8 Å². The van der Waals surface area contributed by atoms with Gasteiger partial charge in [-0.25, -0.2) is 9.50 Å². The van der Waals surface area contributed by atoms with Crippen LogP contribution in [0, 0.1) is 0 Å². The minimum Gasteiger partial charge on any atom is -0.382 e. The molecule has 0 radical (unpaired) electrons. The Morgan fingerprint density at radius 2 is 2.10 bits per heavy atom. The smallest absolute Gasteiger partial charge is 0.247 e. The van der Waals surface area contributed by atoms with E-state index >= 15 is 0 Å². The van der Waals surface area contributed by atoms with Crippen LogP contribution in [0.5, 0.6) is 0 Å². The van der Waals surface area contributed by atoms with Crippen LogP contribution < -0.4 is 11.1 Å². The lowest BCUT2D eigenvalue weighted by molar-refractivity contribution is -0.117. The normalized spacial score (nSPS) is 14.0. The van der Waals surface area contributed by atoms with Gasteiger partial charge in [-0.15, -0.1) is 5.10 Å². The van der Waals surface area contributed by atoms with E-state index in [9.17, 15) is 4.79 Å². The summed E-state index contributed by atoms with van der Waals surface area (Å²) in [6, 6.07) is 5.66. The molecule has 4 rings (SSSR count). The number of rotatable bonds is 6. The van der Waals surface area contributed by atoms with E-state index < -0.39 is 0 Å². The molecule has 8 heteroatoms.